The summed E-state index contributed by atoms with van der Waals surface area (Å²) < 4.78 is 2.21. The van der Waals surface area contributed by atoms with Crippen molar-refractivity contribution in [2.75, 3.05) is 0 Å². The topological polar surface area (TPSA) is 75.7 Å². The SMILES string of the molecule is CC1(C)N=c2c[c-]c(-c3cccc(-c4cccc5c4nc(-c4cc(C(C)(C)C)cc(C(C)(C)C)c4O)n5-c4ccccc4-c4ccccc4)n3)cc2=N1.[Pt]. The molecule has 1 N–H and O–H groups in total. The van der Waals surface area contributed by atoms with E-state index in [0.29, 0.717) is 11.4 Å². The number of para-hydroxylation sites is 2. The zero-order chi connectivity index (χ0) is 37.3. The van der Waals surface area contributed by atoms with Crippen LogP contribution in [0.5, 0.6) is 5.75 Å². The molecule has 0 aliphatic carbocycles. The fourth-order valence-corrected chi connectivity index (χ4v) is 7.22. The third-order valence-corrected chi connectivity index (χ3v) is 9.94. The smallest absolute Gasteiger partial charge is 0.149 e. The molecule has 2 aromatic heterocycles. The van der Waals surface area contributed by atoms with Crippen molar-refractivity contribution in [2.45, 2.75) is 71.9 Å². The number of imidazole rings is 1. The Hall–Kier alpha value is -5.19. The summed E-state index contributed by atoms with van der Waals surface area (Å²) in [7, 11) is 0. The fraction of sp³-hybridized carbons (Fsp3) is 0.234. The van der Waals surface area contributed by atoms with Gasteiger partial charge in [0.15, 0.2) is 0 Å². The molecule has 7 heteroatoms. The molecule has 0 saturated carbocycles. The van der Waals surface area contributed by atoms with Gasteiger partial charge in [-0.15, -0.1) is 23.8 Å². The van der Waals surface area contributed by atoms with Gasteiger partial charge in [0, 0.05) is 48.5 Å². The Kier molecular flexibility index (Phi) is 9.34. The zero-order valence-electron chi connectivity index (χ0n) is 32.0. The zero-order valence-corrected chi connectivity index (χ0v) is 34.2. The minimum Gasteiger partial charge on any atom is -0.507 e. The van der Waals surface area contributed by atoms with E-state index in [1.54, 1.807) is 0 Å². The minimum absolute atomic E-state index is 0. The van der Waals surface area contributed by atoms with Crippen molar-refractivity contribution in [3.63, 3.8) is 0 Å². The van der Waals surface area contributed by atoms with Crippen LogP contribution >= 0.6 is 0 Å². The van der Waals surface area contributed by atoms with Crippen molar-refractivity contribution in [3.8, 4) is 56.5 Å². The summed E-state index contributed by atoms with van der Waals surface area (Å²) in [5.41, 5.74) is 9.93. The second kappa shape index (κ2) is 13.6. The van der Waals surface area contributed by atoms with E-state index in [0.717, 1.165) is 72.2 Å². The number of phenols is 1. The Morgan fingerprint density at radius 1 is 0.648 bits per heavy atom. The maximum atomic E-state index is 12.2. The van der Waals surface area contributed by atoms with Crippen molar-refractivity contribution >= 4 is 11.0 Å². The normalized spacial score (nSPS) is 13.6. The summed E-state index contributed by atoms with van der Waals surface area (Å²) in [4.78, 5) is 20.1. The van der Waals surface area contributed by atoms with Gasteiger partial charge < -0.3 is 10.1 Å². The summed E-state index contributed by atoms with van der Waals surface area (Å²) >= 11 is 0. The fourth-order valence-electron chi connectivity index (χ4n) is 7.22. The first kappa shape index (κ1) is 37.1. The van der Waals surface area contributed by atoms with Crippen molar-refractivity contribution in [1.29, 1.82) is 0 Å². The van der Waals surface area contributed by atoms with E-state index in [1.165, 1.54) is 0 Å². The number of phenolic OH excluding ortho intramolecular Hbond substituents is 1. The number of pyridine rings is 1. The number of hydrogen-bond donors (Lipinski definition) is 1. The molecule has 0 bridgehead atoms. The second-order valence-corrected chi connectivity index (χ2v) is 16.5. The summed E-state index contributed by atoms with van der Waals surface area (Å²) in [6.07, 6.45) is 0. The van der Waals surface area contributed by atoms with E-state index in [4.69, 9.17) is 20.0 Å². The van der Waals surface area contributed by atoms with Crippen LogP contribution < -0.4 is 10.7 Å². The van der Waals surface area contributed by atoms with Crippen molar-refractivity contribution in [1.82, 2.24) is 14.5 Å². The van der Waals surface area contributed by atoms with Gasteiger partial charge in [0.05, 0.1) is 28.0 Å². The maximum Gasteiger partial charge on any atom is 0.149 e. The standard InChI is InChI=1S/C47H44N5O.Pt/c1-45(2,3)31-27-34(43(53)35(28-31)46(4,5)6)44-49-42-33(37-21-15-20-36(48-37)30-24-25-38-39(26-30)51-47(7,8)50-38)19-14-23-41(42)52(44)40-22-13-12-18-32(40)29-16-10-9-11-17-29;/h9-23,25-28,53H,1-8H3;/q-1;. The molecule has 7 aromatic rings. The molecule has 1 aliphatic rings. The van der Waals surface area contributed by atoms with Gasteiger partial charge >= 0.3 is 0 Å². The molecule has 0 saturated heterocycles. The number of aromatic nitrogens is 3. The molecule has 0 radical (unpaired) electrons. The first-order valence-electron chi connectivity index (χ1n) is 18.2. The van der Waals surface area contributed by atoms with E-state index in [2.05, 4.69) is 131 Å². The van der Waals surface area contributed by atoms with Crippen molar-refractivity contribution in [2.24, 2.45) is 9.98 Å². The molecule has 1 aliphatic heterocycles. The number of nitrogens with zero attached hydrogens (tertiary/aromatic N) is 5. The first-order chi connectivity index (χ1) is 25.2. The minimum atomic E-state index is -0.482. The Bertz CT molecular complexity index is 2680. The molecule has 274 valence electrons. The summed E-state index contributed by atoms with van der Waals surface area (Å²) in [5.74, 6) is 0.911. The summed E-state index contributed by atoms with van der Waals surface area (Å²) in [5, 5.41) is 13.9. The van der Waals surface area contributed by atoms with E-state index >= 15 is 0 Å². The molecule has 0 spiro atoms. The molecule has 5 aromatic carbocycles. The van der Waals surface area contributed by atoms with Crippen LogP contribution in [-0.2, 0) is 31.9 Å². The molecular formula is C47H44N5OPt-. The second-order valence-electron chi connectivity index (χ2n) is 16.5. The van der Waals surface area contributed by atoms with E-state index in [-0.39, 0.29) is 37.6 Å². The average molecular weight is 890 g/mol. The largest absolute Gasteiger partial charge is 0.507 e. The van der Waals surface area contributed by atoms with E-state index in [1.807, 2.05) is 50.2 Å². The first-order valence-corrected chi connectivity index (χ1v) is 18.2. The Balaban J connectivity index is 0.00000450. The van der Waals surface area contributed by atoms with Crippen LogP contribution in [-0.4, -0.2) is 25.3 Å². The summed E-state index contributed by atoms with van der Waals surface area (Å²) in [6, 6.07) is 42.7. The van der Waals surface area contributed by atoms with E-state index in [9.17, 15) is 5.11 Å². The van der Waals surface area contributed by atoms with Gasteiger partial charge in [-0.3, -0.25) is 14.5 Å². The molecular weight excluding hydrogens is 846 g/mol. The Morgan fingerprint density at radius 3 is 2.06 bits per heavy atom. The third-order valence-electron chi connectivity index (χ3n) is 9.94. The van der Waals surface area contributed by atoms with Crippen molar-refractivity contribution < 1.29 is 26.2 Å². The molecule has 0 amide bonds. The van der Waals surface area contributed by atoms with Crippen LogP contribution in [0, 0.1) is 6.07 Å². The molecule has 0 unspecified atom stereocenters. The van der Waals surface area contributed by atoms with Gasteiger partial charge in [-0.05, 0) is 65.8 Å². The van der Waals surface area contributed by atoms with Crippen LogP contribution in [0.3, 0.4) is 0 Å². The number of aromatic hydroxyl groups is 1. The molecule has 6 nitrogen and oxygen atoms in total. The van der Waals surface area contributed by atoms with E-state index < -0.39 is 5.66 Å². The van der Waals surface area contributed by atoms with Crippen LogP contribution in [0.2, 0.25) is 0 Å². The Morgan fingerprint density at radius 2 is 1.31 bits per heavy atom. The van der Waals surface area contributed by atoms with Crippen LogP contribution in [0.15, 0.2) is 125 Å². The number of hydrogen-bond acceptors (Lipinski definition) is 5. The van der Waals surface area contributed by atoms with Crippen LogP contribution in [0.1, 0.15) is 66.5 Å². The van der Waals surface area contributed by atoms with Crippen LogP contribution in [0.4, 0.5) is 0 Å². The molecule has 0 fully saturated rings. The van der Waals surface area contributed by atoms with Crippen molar-refractivity contribution in [3.05, 3.63) is 143 Å². The Labute approximate surface area is 331 Å². The number of fused-ring (bicyclic) bond motifs is 2. The predicted octanol–water partition coefficient (Wildman–Crippen LogP) is 10.2. The van der Waals surface area contributed by atoms with Gasteiger partial charge in [-0.1, -0.05) is 120 Å². The monoisotopic (exact) mass is 889 g/mol. The predicted molar refractivity (Wildman–Crippen MR) is 215 cm³/mol. The summed E-state index contributed by atoms with van der Waals surface area (Å²) in [6.45, 7) is 17.1. The molecule has 54 heavy (non-hydrogen) atoms. The molecule has 0 atom stereocenters. The molecule has 3 heterocycles. The van der Waals surface area contributed by atoms with Gasteiger partial charge in [0.2, 0.25) is 0 Å². The third kappa shape index (κ3) is 6.73. The van der Waals surface area contributed by atoms with Gasteiger partial charge in [0.1, 0.15) is 17.2 Å². The van der Waals surface area contributed by atoms with Gasteiger partial charge in [0.25, 0.3) is 0 Å². The average Bonchev–Trinajstić information content (AvgIpc) is 3.66. The quantitative estimate of drug-likeness (QED) is 0.175. The number of benzene rings is 5. The van der Waals surface area contributed by atoms with Crippen LogP contribution in [0.25, 0.3) is 61.8 Å². The number of rotatable bonds is 5. The maximum absolute atomic E-state index is 12.2. The van der Waals surface area contributed by atoms with Gasteiger partial charge in [-0.2, -0.15) is 0 Å². The molecule has 8 rings (SSSR count). The van der Waals surface area contributed by atoms with Gasteiger partial charge in [-0.25, -0.2) is 4.98 Å².